The number of carbonyl (C=O) groups is 1. The Morgan fingerprint density at radius 2 is 2.33 bits per heavy atom. The number of nitrogens with zero attached hydrogens (tertiary/aromatic N) is 4. The van der Waals surface area contributed by atoms with Crippen LogP contribution in [0.5, 0.6) is 5.75 Å². The molecule has 2 aliphatic rings. The van der Waals surface area contributed by atoms with E-state index in [2.05, 4.69) is 10.3 Å². The summed E-state index contributed by atoms with van der Waals surface area (Å²) in [5, 5.41) is 8.02. The Hall–Kier alpha value is -2.48. The van der Waals surface area contributed by atoms with Crippen molar-refractivity contribution < 1.29 is 18.7 Å². The van der Waals surface area contributed by atoms with Gasteiger partial charge in [0.15, 0.2) is 0 Å². The zero-order valence-electron chi connectivity index (χ0n) is 13.2. The summed E-state index contributed by atoms with van der Waals surface area (Å²) in [5.41, 5.74) is 0.850. The highest BCUT2D eigenvalue weighted by atomic mass is 19.1. The molecule has 1 aromatic carbocycles. The van der Waals surface area contributed by atoms with Crippen LogP contribution in [0.25, 0.3) is 0 Å². The molecule has 2 aliphatic heterocycles. The molecule has 1 amide bonds. The van der Waals surface area contributed by atoms with Crippen LogP contribution < -0.4 is 4.74 Å². The number of methoxy groups -OCH3 is 1. The number of aromatic nitrogens is 3. The molecule has 1 aromatic heterocycles. The SMILES string of the molecule is COc1cccc(F)c1C(=O)N1CC[C@@H]2OCc3cnnn3[C@H]2C1. The summed E-state index contributed by atoms with van der Waals surface area (Å²) in [6.45, 7) is 1.38. The Morgan fingerprint density at radius 1 is 1.46 bits per heavy atom. The number of fused-ring (bicyclic) bond motifs is 3. The number of piperidine rings is 1. The van der Waals surface area contributed by atoms with Gasteiger partial charge in [0.2, 0.25) is 0 Å². The molecule has 0 unspecified atom stereocenters. The molecule has 0 saturated carbocycles. The van der Waals surface area contributed by atoms with E-state index in [-0.39, 0.29) is 29.4 Å². The van der Waals surface area contributed by atoms with E-state index < -0.39 is 5.82 Å². The van der Waals surface area contributed by atoms with Gasteiger partial charge in [0.25, 0.3) is 5.91 Å². The van der Waals surface area contributed by atoms with E-state index in [0.29, 0.717) is 26.1 Å². The monoisotopic (exact) mass is 332 g/mol. The van der Waals surface area contributed by atoms with Gasteiger partial charge in [-0.15, -0.1) is 5.10 Å². The molecule has 0 radical (unpaired) electrons. The van der Waals surface area contributed by atoms with Gasteiger partial charge in [0.1, 0.15) is 17.1 Å². The van der Waals surface area contributed by atoms with Crippen molar-refractivity contribution in [3.63, 3.8) is 0 Å². The average Bonchev–Trinajstić information content (AvgIpc) is 3.09. The maximum absolute atomic E-state index is 14.2. The van der Waals surface area contributed by atoms with Crippen molar-refractivity contribution in [1.82, 2.24) is 19.9 Å². The fourth-order valence-corrected chi connectivity index (χ4v) is 3.40. The molecule has 1 fully saturated rings. The van der Waals surface area contributed by atoms with Crippen molar-refractivity contribution in [3.05, 3.63) is 41.5 Å². The lowest BCUT2D eigenvalue weighted by atomic mass is 9.99. The molecule has 4 rings (SSSR count). The van der Waals surface area contributed by atoms with Gasteiger partial charge < -0.3 is 14.4 Å². The maximum atomic E-state index is 14.2. The van der Waals surface area contributed by atoms with Crippen molar-refractivity contribution in [3.8, 4) is 5.75 Å². The van der Waals surface area contributed by atoms with Gasteiger partial charge in [-0.2, -0.15) is 0 Å². The number of benzene rings is 1. The van der Waals surface area contributed by atoms with Crippen molar-refractivity contribution in [2.24, 2.45) is 0 Å². The van der Waals surface area contributed by atoms with Crippen LogP contribution in [0.2, 0.25) is 0 Å². The summed E-state index contributed by atoms with van der Waals surface area (Å²) in [5.74, 6) is -0.720. The Bertz CT molecular complexity index is 778. The van der Waals surface area contributed by atoms with Crippen LogP contribution in [-0.2, 0) is 11.3 Å². The van der Waals surface area contributed by atoms with Crippen LogP contribution >= 0.6 is 0 Å². The third-order valence-electron chi connectivity index (χ3n) is 4.62. The molecule has 2 atom stereocenters. The predicted molar refractivity (Wildman–Crippen MR) is 81.1 cm³/mol. The molecular weight excluding hydrogens is 315 g/mol. The molecule has 126 valence electrons. The fourth-order valence-electron chi connectivity index (χ4n) is 3.40. The molecule has 24 heavy (non-hydrogen) atoms. The van der Waals surface area contributed by atoms with E-state index in [0.717, 1.165) is 5.69 Å². The first-order chi connectivity index (χ1) is 11.7. The van der Waals surface area contributed by atoms with Crippen molar-refractivity contribution in [1.29, 1.82) is 0 Å². The second kappa shape index (κ2) is 5.86. The van der Waals surface area contributed by atoms with Gasteiger partial charge in [0.05, 0.1) is 37.8 Å². The second-order valence-corrected chi connectivity index (χ2v) is 5.94. The highest BCUT2D eigenvalue weighted by molar-refractivity contribution is 5.97. The third kappa shape index (κ3) is 2.34. The molecule has 1 saturated heterocycles. The average molecular weight is 332 g/mol. The van der Waals surface area contributed by atoms with E-state index in [9.17, 15) is 9.18 Å². The molecule has 7 nitrogen and oxygen atoms in total. The number of likely N-dealkylation sites (tertiary alicyclic amines) is 1. The molecule has 0 bridgehead atoms. The number of rotatable bonds is 2. The van der Waals surface area contributed by atoms with Gasteiger partial charge in [-0.3, -0.25) is 4.79 Å². The normalized spacial score (nSPS) is 22.7. The lowest BCUT2D eigenvalue weighted by molar-refractivity contribution is -0.0605. The van der Waals surface area contributed by atoms with Gasteiger partial charge in [0, 0.05) is 13.1 Å². The number of hydrogen-bond acceptors (Lipinski definition) is 5. The van der Waals surface area contributed by atoms with Crippen molar-refractivity contribution >= 4 is 5.91 Å². The molecule has 8 heteroatoms. The van der Waals surface area contributed by atoms with E-state index >= 15 is 0 Å². The van der Waals surface area contributed by atoms with E-state index in [1.54, 1.807) is 17.2 Å². The first-order valence-corrected chi connectivity index (χ1v) is 7.81. The van der Waals surface area contributed by atoms with Crippen molar-refractivity contribution in [2.75, 3.05) is 20.2 Å². The molecule has 0 aliphatic carbocycles. The van der Waals surface area contributed by atoms with E-state index in [1.165, 1.54) is 19.2 Å². The largest absolute Gasteiger partial charge is 0.496 e. The molecular formula is C16H17FN4O3. The Morgan fingerprint density at radius 3 is 3.17 bits per heavy atom. The summed E-state index contributed by atoms with van der Waals surface area (Å²) in [7, 11) is 1.43. The van der Waals surface area contributed by atoms with E-state index in [4.69, 9.17) is 9.47 Å². The Balaban J connectivity index is 1.62. The predicted octanol–water partition coefficient (Wildman–Crippen LogP) is 1.41. The number of amides is 1. The number of hydrogen-bond donors (Lipinski definition) is 0. The third-order valence-corrected chi connectivity index (χ3v) is 4.62. The number of ether oxygens (including phenoxy) is 2. The molecule has 2 aromatic rings. The van der Waals surface area contributed by atoms with Gasteiger partial charge >= 0.3 is 0 Å². The topological polar surface area (TPSA) is 69.5 Å². The minimum Gasteiger partial charge on any atom is -0.496 e. The second-order valence-electron chi connectivity index (χ2n) is 5.94. The summed E-state index contributed by atoms with van der Waals surface area (Å²) < 4.78 is 27.0. The van der Waals surface area contributed by atoms with Crippen LogP contribution in [0.3, 0.4) is 0 Å². The highest BCUT2D eigenvalue weighted by Crippen LogP contribution is 2.32. The molecule has 0 N–H and O–H groups in total. The van der Waals surface area contributed by atoms with Crippen molar-refractivity contribution in [2.45, 2.75) is 25.2 Å². The van der Waals surface area contributed by atoms with Crippen LogP contribution in [0.1, 0.15) is 28.5 Å². The Labute approximate surface area is 138 Å². The standard InChI is InChI=1S/C16H17FN4O3/c1-23-14-4-2-3-11(17)15(14)16(22)20-6-5-13-12(8-20)21-10(9-24-13)7-18-19-21/h2-4,7,12-13H,5-6,8-9H2,1H3/t12-,13-/m0/s1. The minimum atomic E-state index is -0.581. The van der Waals surface area contributed by atoms with Gasteiger partial charge in [-0.25, -0.2) is 9.07 Å². The maximum Gasteiger partial charge on any atom is 0.260 e. The zero-order valence-corrected chi connectivity index (χ0v) is 13.2. The number of carbonyl (C=O) groups excluding carboxylic acids is 1. The van der Waals surface area contributed by atoms with Crippen LogP contribution in [0, 0.1) is 5.82 Å². The van der Waals surface area contributed by atoms with Gasteiger partial charge in [-0.1, -0.05) is 11.3 Å². The smallest absolute Gasteiger partial charge is 0.260 e. The highest BCUT2D eigenvalue weighted by Gasteiger charge is 2.38. The fraction of sp³-hybridized carbons (Fsp3) is 0.438. The lowest BCUT2D eigenvalue weighted by Gasteiger charge is -2.41. The van der Waals surface area contributed by atoms with Crippen LogP contribution in [0.4, 0.5) is 4.39 Å². The van der Waals surface area contributed by atoms with Crippen LogP contribution in [-0.4, -0.2) is 52.1 Å². The minimum absolute atomic E-state index is 0.00855. The Kier molecular flexibility index (Phi) is 3.68. The lowest BCUT2D eigenvalue weighted by Crippen LogP contribution is -2.50. The molecule has 0 spiro atoms. The zero-order chi connectivity index (χ0) is 16.7. The van der Waals surface area contributed by atoms with Crippen LogP contribution in [0.15, 0.2) is 24.4 Å². The number of halogens is 1. The summed E-state index contributed by atoms with van der Waals surface area (Å²) in [6.07, 6.45) is 2.33. The first-order valence-electron chi connectivity index (χ1n) is 7.81. The van der Waals surface area contributed by atoms with Gasteiger partial charge in [-0.05, 0) is 18.6 Å². The quantitative estimate of drug-likeness (QED) is 0.832. The van der Waals surface area contributed by atoms with E-state index in [1.807, 2.05) is 4.68 Å². The summed E-state index contributed by atoms with van der Waals surface area (Å²) in [4.78, 5) is 14.5. The summed E-state index contributed by atoms with van der Waals surface area (Å²) in [6, 6.07) is 4.27. The first kappa shape index (κ1) is 15.1. The summed E-state index contributed by atoms with van der Waals surface area (Å²) >= 11 is 0. The molecule has 3 heterocycles.